The summed E-state index contributed by atoms with van der Waals surface area (Å²) in [6, 6.07) is 2.46. The number of rotatable bonds is 5. The molecule has 0 saturated heterocycles. The maximum absolute atomic E-state index is 12.1. The highest BCUT2D eigenvalue weighted by Gasteiger charge is 2.20. The normalized spacial score (nSPS) is 14.5. The molecule has 2 atom stereocenters. The van der Waals surface area contributed by atoms with Crippen molar-refractivity contribution in [1.82, 2.24) is 5.32 Å². The molecule has 0 heterocycles. The molecule has 9 heteroatoms. The molecule has 21 heavy (non-hydrogen) atoms. The highest BCUT2D eigenvalue weighted by atomic mass is 79.9. The Bertz CT molecular complexity index is 691. The van der Waals surface area contributed by atoms with E-state index >= 15 is 0 Å². The molecular formula is C12H15BrClNO4S2. The summed E-state index contributed by atoms with van der Waals surface area (Å²) < 4.78 is 34.6. The number of hydrogen-bond acceptors (Lipinski definition) is 4. The SMILES string of the molecule is Cc1c(Br)cc(C(=O)NC(C)CS(C)=O)cc1S(=O)(=O)Cl. The number of carbonyl (C=O) groups excluding carboxylic acids is 1. The second-order valence-corrected chi connectivity index (χ2v) is 9.50. The maximum atomic E-state index is 12.1. The van der Waals surface area contributed by atoms with Gasteiger partial charge in [-0.2, -0.15) is 0 Å². The molecule has 0 saturated carbocycles. The van der Waals surface area contributed by atoms with Gasteiger partial charge in [0.25, 0.3) is 15.0 Å². The van der Waals surface area contributed by atoms with E-state index in [2.05, 4.69) is 21.2 Å². The Morgan fingerprint density at radius 3 is 2.52 bits per heavy atom. The molecule has 5 nitrogen and oxygen atoms in total. The zero-order valence-corrected chi connectivity index (χ0v) is 15.6. The van der Waals surface area contributed by atoms with Gasteiger partial charge in [0.15, 0.2) is 0 Å². The van der Waals surface area contributed by atoms with E-state index in [1.807, 2.05) is 0 Å². The summed E-state index contributed by atoms with van der Waals surface area (Å²) in [4.78, 5) is 12.0. The van der Waals surface area contributed by atoms with Gasteiger partial charge in [-0.1, -0.05) is 15.9 Å². The lowest BCUT2D eigenvalue weighted by atomic mass is 10.1. The van der Waals surface area contributed by atoms with E-state index in [4.69, 9.17) is 10.7 Å². The average Bonchev–Trinajstić information content (AvgIpc) is 2.29. The van der Waals surface area contributed by atoms with E-state index in [1.54, 1.807) is 20.1 Å². The minimum absolute atomic E-state index is 0.115. The summed E-state index contributed by atoms with van der Waals surface area (Å²) in [5.41, 5.74) is 0.602. The zero-order chi connectivity index (χ0) is 16.4. The molecule has 1 aromatic rings. The Kier molecular flexibility index (Phi) is 6.39. The lowest BCUT2D eigenvalue weighted by molar-refractivity contribution is 0.0943. The van der Waals surface area contributed by atoms with Crippen molar-refractivity contribution in [2.45, 2.75) is 24.8 Å². The van der Waals surface area contributed by atoms with Crippen LogP contribution in [0, 0.1) is 6.92 Å². The average molecular weight is 417 g/mol. The van der Waals surface area contributed by atoms with E-state index in [9.17, 15) is 17.4 Å². The minimum Gasteiger partial charge on any atom is -0.349 e. The fourth-order valence-corrected chi connectivity index (χ4v) is 4.34. The third kappa shape index (κ3) is 5.36. The number of nitrogens with one attached hydrogen (secondary N) is 1. The van der Waals surface area contributed by atoms with Gasteiger partial charge in [0.1, 0.15) is 0 Å². The number of halogens is 2. The highest BCUT2D eigenvalue weighted by Crippen LogP contribution is 2.28. The molecular weight excluding hydrogens is 402 g/mol. The van der Waals surface area contributed by atoms with Crippen molar-refractivity contribution in [2.24, 2.45) is 0 Å². The fourth-order valence-electron chi connectivity index (χ4n) is 1.74. The van der Waals surface area contributed by atoms with Crippen molar-refractivity contribution in [1.29, 1.82) is 0 Å². The Labute approximate surface area is 139 Å². The first-order valence-corrected chi connectivity index (χ1v) is 10.7. The summed E-state index contributed by atoms with van der Waals surface area (Å²) in [7, 11) is 0.385. The van der Waals surface area contributed by atoms with Crippen LogP contribution in [0.1, 0.15) is 22.8 Å². The van der Waals surface area contributed by atoms with Gasteiger partial charge in [0.05, 0.1) is 4.90 Å². The van der Waals surface area contributed by atoms with Gasteiger partial charge < -0.3 is 5.32 Å². The van der Waals surface area contributed by atoms with Crippen LogP contribution in [0.2, 0.25) is 0 Å². The molecule has 0 spiro atoms. The molecule has 0 fully saturated rings. The van der Waals surface area contributed by atoms with Crippen LogP contribution in [0.4, 0.5) is 0 Å². The first kappa shape index (κ1) is 18.6. The molecule has 0 aliphatic rings. The summed E-state index contributed by atoms with van der Waals surface area (Å²) in [5, 5.41) is 2.66. The van der Waals surface area contributed by atoms with E-state index in [-0.39, 0.29) is 16.5 Å². The van der Waals surface area contributed by atoms with E-state index in [0.29, 0.717) is 15.8 Å². The second kappa shape index (κ2) is 7.21. The third-order valence-electron chi connectivity index (χ3n) is 2.68. The van der Waals surface area contributed by atoms with E-state index in [0.717, 1.165) is 0 Å². The standard InChI is InChI=1S/C12H15BrClNO4S2/c1-7(6-20(3)17)15-12(16)9-4-10(13)8(2)11(5-9)21(14,18)19/h4-5,7H,6H2,1-3H3,(H,15,16). The summed E-state index contributed by atoms with van der Waals surface area (Å²) in [6.45, 7) is 3.31. The number of benzene rings is 1. The Hall–Kier alpha value is -0.440. The fraction of sp³-hybridized carbons (Fsp3) is 0.417. The number of amides is 1. The van der Waals surface area contributed by atoms with Crippen LogP contribution in [-0.2, 0) is 19.9 Å². The quantitative estimate of drug-likeness (QED) is 0.746. The van der Waals surface area contributed by atoms with Gasteiger partial charge in [-0.3, -0.25) is 9.00 Å². The Balaban J connectivity index is 3.12. The molecule has 2 unspecified atom stereocenters. The molecule has 0 bridgehead atoms. The van der Waals surface area contributed by atoms with Crippen molar-refractivity contribution in [3.8, 4) is 0 Å². The van der Waals surface area contributed by atoms with Crippen molar-refractivity contribution < 1.29 is 17.4 Å². The van der Waals surface area contributed by atoms with Gasteiger partial charge in [0, 0.05) is 49.6 Å². The molecule has 1 N–H and O–H groups in total. The topological polar surface area (TPSA) is 80.3 Å². The predicted molar refractivity (Wildman–Crippen MR) is 87.8 cm³/mol. The van der Waals surface area contributed by atoms with Crippen LogP contribution in [0.3, 0.4) is 0 Å². The van der Waals surface area contributed by atoms with Crippen molar-refractivity contribution in [3.05, 3.63) is 27.7 Å². The van der Waals surface area contributed by atoms with Crippen LogP contribution in [0.15, 0.2) is 21.5 Å². The smallest absolute Gasteiger partial charge is 0.261 e. The second-order valence-electron chi connectivity index (χ2n) is 4.63. The van der Waals surface area contributed by atoms with Crippen LogP contribution < -0.4 is 5.32 Å². The Morgan fingerprint density at radius 2 is 2.05 bits per heavy atom. The van der Waals surface area contributed by atoms with Crippen molar-refractivity contribution >= 4 is 52.4 Å². The van der Waals surface area contributed by atoms with Gasteiger partial charge >= 0.3 is 0 Å². The van der Waals surface area contributed by atoms with Crippen molar-refractivity contribution in [2.75, 3.05) is 12.0 Å². The highest BCUT2D eigenvalue weighted by molar-refractivity contribution is 9.10. The van der Waals surface area contributed by atoms with Gasteiger partial charge in [0.2, 0.25) is 0 Å². The Morgan fingerprint density at radius 1 is 1.48 bits per heavy atom. The first-order valence-electron chi connectivity index (χ1n) is 5.88. The summed E-state index contributed by atoms with van der Waals surface area (Å²) in [6.07, 6.45) is 1.54. The molecule has 0 aliphatic carbocycles. The minimum atomic E-state index is -3.95. The van der Waals surface area contributed by atoms with Crippen LogP contribution in [0.5, 0.6) is 0 Å². The van der Waals surface area contributed by atoms with Crippen LogP contribution in [0.25, 0.3) is 0 Å². The molecule has 1 amide bonds. The monoisotopic (exact) mass is 415 g/mol. The largest absolute Gasteiger partial charge is 0.349 e. The molecule has 1 aromatic carbocycles. The molecule has 1 rings (SSSR count). The van der Waals surface area contributed by atoms with Gasteiger partial charge in [-0.15, -0.1) is 0 Å². The van der Waals surface area contributed by atoms with Crippen LogP contribution >= 0.6 is 26.6 Å². The van der Waals surface area contributed by atoms with E-state index < -0.39 is 25.8 Å². The number of hydrogen-bond donors (Lipinski definition) is 1. The van der Waals surface area contributed by atoms with Gasteiger partial charge in [-0.05, 0) is 31.5 Å². The lowest BCUT2D eigenvalue weighted by Gasteiger charge is -2.14. The molecule has 0 aromatic heterocycles. The molecule has 0 radical (unpaired) electrons. The first-order chi connectivity index (χ1) is 9.52. The van der Waals surface area contributed by atoms with Crippen molar-refractivity contribution in [3.63, 3.8) is 0 Å². The number of carbonyl (C=O) groups is 1. The van der Waals surface area contributed by atoms with Crippen LogP contribution in [-0.4, -0.2) is 36.6 Å². The van der Waals surface area contributed by atoms with E-state index in [1.165, 1.54) is 12.1 Å². The third-order valence-corrected chi connectivity index (χ3v) is 5.92. The van der Waals surface area contributed by atoms with Gasteiger partial charge in [-0.25, -0.2) is 8.42 Å². The maximum Gasteiger partial charge on any atom is 0.261 e. The predicted octanol–water partition coefficient (Wildman–Crippen LogP) is 2.18. The lowest BCUT2D eigenvalue weighted by Crippen LogP contribution is -2.36. The summed E-state index contributed by atoms with van der Waals surface area (Å²) in [5.74, 6) is -0.130. The zero-order valence-electron chi connectivity index (χ0n) is 11.6. The summed E-state index contributed by atoms with van der Waals surface area (Å²) >= 11 is 3.21. The molecule has 118 valence electrons. The molecule has 0 aliphatic heterocycles.